The van der Waals surface area contributed by atoms with Crippen LogP contribution in [-0.2, 0) is 9.59 Å². The van der Waals surface area contributed by atoms with Gasteiger partial charge in [0.1, 0.15) is 22.2 Å². The first-order valence-corrected chi connectivity index (χ1v) is 12.8. The highest BCUT2D eigenvalue weighted by atomic mass is 35.5. The molecule has 3 heterocycles. The molecule has 36 heavy (non-hydrogen) atoms. The van der Waals surface area contributed by atoms with Crippen LogP contribution in [0, 0.1) is 0 Å². The highest BCUT2D eigenvalue weighted by Crippen LogP contribution is 2.34. The Morgan fingerprint density at radius 3 is 2.44 bits per heavy atom. The molecule has 184 valence electrons. The van der Waals surface area contributed by atoms with Crippen molar-refractivity contribution in [3.8, 4) is 11.5 Å². The number of carbonyl (C=O) groups is 2. The van der Waals surface area contributed by atoms with E-state index in [0.29, 0.717) is 53.1 Å². The summed E-state index contributed by atoms with van der Waals surface area (Å²) in [4.78, 5) is 34.2. The molecule has 0 radical (unpaired) electrons. The van der Waals surface area contributed by atoms with Crippen LogP contribution in [0.2, 0.25) is 5.15 Å². The lowest BCUT2D eigenvalue weighted by Gasteiger charge is -2.29. The lowest BCUT2D eigenvalue weighted by Crippen LogP contribution is -2.54. The Kier molecular flexibility index (Phi) is 7.01. The number of aromatic nitrogens is 1. The Hall–Kier alpha value is -3.31. The average Bonchev–Trinajstić information content (AvgIpc) is 3.24. The van der Waals surface area contributed by atoms with Crippen LogP contribution in [0.1, 0.15) is 17.7 Å². The minimum Gasteiger partial charge on any atom is -0.457 e. The number of halogens is 1. The van der Waals surface area contributed by atoms with Gasteiger partial charge in [-0.05, 0) is 67.5 Å². The summed E-state index contributed by atoms with van der Waals surface area (Å²) >= 11 is 12.9. The number of aliphatic hydroxyl groups excluding tert-OH is 1. The van der Waals surface area contributed by atoms with Gasteiger partial charge in [-0.15, -0.1) is 0 Å². The monoisotopic (exact) mass is 540 g/mol. The molecule has 2 fully saturated rings. The van der Waals surface area contributed by atoms with E-state index in [0.717, 1.165) is 0 Å². The van der Waals surface area contributed by atoms with E-state index in [1.54, 1.807) is 24.3 Å². The maximum atomic E-state index is 13.4. The number of hydrogen-bond donors (Lipinski definition) is 2. The number of nitrogens with one attached hydrogen (secondary N) is 1. The molecule has 11 heteroatoms. The van der Waals surface area contributed by atoms with Crippen molar-refractivity contribution < 1.29 is 19.4 Å². The Morgan fingerprint density at radius 2 is 1.75 bits per heavy atom. The minimum atomic E-state index is -0.600. The third-order valence-electron chi connectivity index (χ3n) is 5.78. The molecule has 0 unspecified atom stereocenters. The average molecular weight is 541 g/mol. The van der Waals surface area contributed by atoms with Crippen molar-refractivity contribution in [1.29, 1.82) is 0 Å². The molecule has 8 nitrogen and oxygen atoms in total. The molecule has 2 saturated heterocycles. The zero-order valence-electron chi connectivity index (χ0n) is 18.9. The third-order valence-corrected chi connectivity index (χ3v) is 7.53. The van der Waals surface area contributed by atoms with E-state index < -0.39 is 11.8 Å². The normalized spacial score (nSPS) is 18.1. The number of aliphatic hydroxyl groups is 1. The first kappa shape index (κ1) is 24.4. The van der Waals surface area contributed by atoms with Crippen molar-refractivity contribution in [3.63, 3.8) is 0 Å². The second kappa shape index (κ2) is 10.4. The number of carbonyl (C=O) groups excluding carboxylic acids is 2. The summed E-state index contributed by atoms with van der Waals surface area (Å²) in [5.74, 6) is 0.119. The predicted octanol–water partition coefficient (Wildman–Crippen LogP) is 4.38. The van der Waals surface area contributed by atoms with Crippen LogP contribution in [-0.4, -0.2) is 46.2 Å². The molecule has 0 atom stereocenters. The van der Waals surface area contributed by atoms with Crippen LogP contribution in [0.15, 0.2) is 60.2 Å². The standard InChI is InChI=1S/C25H21ClN4O4S2/c26-21-20(36-25(27-21)29-12-10-16(31)11-13-29)14-19-22(32)28-24(35)30(23(19)33)15-6-8-18(9-7-15)34-17-4-2-1-3-5-17/h1-9,14,16,31H,10-13H2,(H,28,32,35)/b19-14+. The second-order valence-electron chi connectivity index (χ2n) is 8.24. The fourth-order valence-electron chi connectivity index (χ4n) is 3.89. The summed E-state index contributed by atoms with van der Waals surface area (Å²) in [5, 5.41) is 13.2. The summed E-state index contributed by atoms with van der Waals surface area (Å²) in [6.45, 7) is 1.32. The molecule has 3 aromatic rings. The van der Waals surface area contributed by atoms with Crippen molar-refractivity contribution in [2.45, 2.75) is 18.9 Å². The topological polar surface area (TPSA) is 95.0 Å². The zero-order chi connectivity index (χ0) is 25.2. The van der Waals surface area contributed by atoms with E-state index >= 15 is 0 Å². The van der Waals surface area contributed by atoms with Gasteiger partial charge < -0.3 is 14.7 Å². The van der Waals surface area contributed by atoms with Gasteiger partial charge in [-0.25, -0.2) is 4.98 Å². The van der Waals surface area contributed by atoms with Crippen LogP contribution < -0.4 is 19.9 Å². The Balaban J connectivity index is 1.37. The highest BCUT2D eigenvalue weighted by Gasteiger charge is 2.35. The molecule has 0 bridgehead atoms. The molecular weight excluding hydrogens is 520 g/mol. The summed E-state index contributed by atoms with van der Waals surface area (Å²) < 4.78 is 5.81. The Bertz CT molecular complexity index is 1340. The Labute approximate surface area is 221 Å². The molecule has 2 N–H and O–H groups in total. The molecule has 2 amide bonds. The number of para-hydroxylation sites is 1. The van der Waals surface area contributed by atoms with Crippen LogP contribution in [0.3, 0.4) is 0 Å². The SMILES string of the molecule is O=C1NC(=S)N(c2ccc(Oc3ccccc3)cc2)C(=O)/C1=C/c1sc(N2CCC(O)CC2)nc1Cl. The van der Waals surface area contributed by atoms with E-state index in [1.807, 2.05) is 35.2 Å². The number of anilines is 2. The summed E-state index contributed by atoms with van der Waals surface area (Å²) in [6, 6.07) is 16.2. The number of benzene rings is 2. The molecule has 0 aliphatic carbocycles. The van der Waals surface area contributed by atoms with Gasteiger partial charge in [0.05, 0.1) is 16.7 Å². The van der Waals surface area contributed by atoms with Gasteiger partial charge >= 0.3 is 0 Å². The van der Waals surface area contributed by atoms with Crippen LogP contribution in [0.5, 0.6) is 11.5 Å². The quantitative estimate of drug-likeness (QED) is 0.282. The van der Waals surface area contributed by atoms with Gasteiger partial charge in [0.2, 0.25) is 0 Å². The van der Waals surface area contributed by atoms with Crippen molar-refractivity contribution in [2.24, 2.45) is 0 Å². The van der Waals surface area contributed by atoms with Crippen molar-refractivity contribution in [1.82, 2.24) is 10.3 Å². The molecule has 1 aromatic heterocycles. The third kappa shape index (κ3) is 5.12. The number of piperidine rings is 1. The fraction of sp³-hybridized carbons (Fsp3) is 0.200. The first-order chi connectivity index (χ1) is 17.4. The van der Waals surface area contributed by atoms with E-state index in [9.17, 15) is 14.7 Å². The number of rotatable bonds is 5. The number of amides is 2. The van der Waals surface area contributed by atoms with Crippen LogP contribution >= 0.6 is 35.2 Å². The molecule has 2 aliphatic rings. The summed E-state index contributed by atoms with van der Waals surface area (Å²) in [5.41, 5.74) is 0.388. The number of ether oxygens (including phenoxy) is 1. The van der Waals surface area contributed by atoms with Gasteiger partial charge in [0.15, 0.2) is 10.2 Å². The van der Waals surface area contributed by atoms with Crippen LogP contribution in [0.25, 0.3) is 6.08 Å². The van der Waals surface area contributed by atoms with Crippen molar-refractivity contribution >= 4 is 69.0 Å². The second-order valence-corrected chi connectivity index (χ2v) is 9.99. The van der Waals surface area contributed by atoms with E-state index in [4.69, 9.17) is 28.6 Å². The van der Waals surface area contributed by atoms with E-state index in [1.165, 1.54) is 22.3 Å². The molecule has 2 aromatic carbocycles. The lowest BCUT2D eigenvalue weighted by atomic mass is 10.1. The molecule has 0 spiro atoms. The summed E-state index contributed by atoms with van der Waals surface area (Å²) in [7, 11) is 0. The molecular formula is C25H21ClN4O4S2. The van der Waals surface area contributed by atoms with Gasteiger partial charge in [-0.2, -0.15) is 0 Å². The van der Waals surface area contributed by atoms with Gasteiger partial charge in [0, 0.05) is 13.1 Å². The number of thiazole rings is 1. The smallest absolute Gasteiger partial charge is 0.270 e. The predicted molar refractivity (Wildman–Crippen MR) is 144 cm³/mol. The number of nitrogens with zero attached hydrogens (tertiary/aromatic N) is 3. The number of hydrogen-bond acceptors (Lipinski definition) is 8. The minimum absolute atomic E-state index is 0.0122. The van der Waals surface area contributed by atoms with E-state index in [2.05, 4.69) is 10.3 Å². The maximum absolute atomic E-state index is 13.4. The Morgan fingerprint density at radius 1 is 1.08 bits per heavy atom. The van der Waals surface area contributed by atoms with E-state index in [-0.39, 0.29) is 21.9 Å². The summed E-state index contributed by atoms with van der Waals surface area (Å²) in [6.07, 6.45) is 2.43. The number of thiocarbonyl (C=S) groups is 1. The molecule has 0 saturated carbocycles. The van der Waals surface area contributed by atoms with Gasteiger partial charge in [-0.1, -0.05) is 41.1 Å². The zero-order valence-corrected chi connectivity index (χ0v) is 21.3. The first-order valence-electron chi connectivity index (χ1n) is 11.2. The largest absolute Gasteiger partial charge is 0.457 e. The van der Waals surface area contributed by atoms with Crippen LogP contribution in [0.4, 0.5) is 10.8 Å². The van der Waals surface area contributed by atoms with Gasteiger partial charge in [0.25, 0.3) is 11.8 Å². The lowest BCUT2D eigenvalue weighted by molar-refractivity contribution is -0.122. The fourth-order valence-corrected chi connectivity index (χ4v) is 5.43. The van der Waals surface area contributed by atoms with Crippen molar-refractivity contribution in [2.75, 3.05) is 22.9 Å². The van der Waals surface area contributed by atoms with Gasteiger partial charge in [-0.3, -0.25) is 19.8 Å². The molecule has 2 aliphatic heterocycles. The maximum Gasteiger partial charge on any atom is 0.270 e. The van der Waals surface area contributed by atoms with Crippen molar-refractivity contribution in [3.05, 3.63) is 70.2 Å². The molecule has 5 rings (SSSR count). The highest BCUT2D eigenvalue weighted by molar-refractivity contribution is 7.80.